The number of halogens is 2. The molecule has 0 atom stereocenters. The molecule has 1 heterocycles. The van der Waals surface area contributed by atoms with Crippen molar-refractivity contribution in [3.63, 3.8) is 0 Å². The Hall–Kier alpha value is -1.22. The van der Waals surface area contributed by atoms with Crippen molar-refractivity contribution in [3.05, 3.63) is 50.7 Å². The molecule has 2 rings (SSSR count). The first-order chi connectivity index (χ1) is 10.5. The summed E-state index contributed by atoms with van der Waals surface area (Å²) in [5, 5.41) is 7.50. The largest absolute Gasteiger partial charge is 0.352 e. The second-order valence-corrected chi connectivity index (χ2v) is 6.39. The Morgan fingerprint density at radius 2 is 1.91 bits per heavy atom. The molecule has 0 radical (unpaired) electrons. The van der Waals surface area contributed by atoms with Crippen molar-refractivity contribution >= 4 is 41.3 Å². The first kappa shape index (κ1) is 19.8. The van der Waals surface area contributed by atoms with Crippen LogP contribution in [0.2, 0.25) is 0 Å². The van der Waals surface area contributed by atoms with E-state index in [9.17, 15) is 4.39 Å². The van der Waals surface area contributed by atoms with E-state index in [-0.39, 0.29) is 29.8 Å². The number of nitrogens with zero attached hydrogens (tertiary/aromatic N) is 2. The summed E-state index contributed by atoms with van der Waals surface area (Å²) in [4.78, 5) is 9.78. The molecule has 0 aliphatic rings. The molecule has 0 aliphatic heterocycles. The number of aromatic nitrogens is 1. The Morgan fingerprint density at radius 3 is 2.48 bits per heavy atom. The number of nitrogens with one attached hydrogen (secondary N) is 2. The smallest absolute Gasteiger partial charge is 0.191 e. The molecule has 2 N–H and O–H groups in total. The molecule has 0 bridgehead atoms. The molecule has 126 valence electrons. The predicted molar refractivity (Wildman–Crippen MR) is 105 cm³/mol. The zero-order chi connectivity index (χ0) is 16.1. The molecule has 0 fully saturated rings. The van der Waals surface area contributed by atoms with E-state index in [2.05, 4.69) is 20.6 Å². The number of hydrogen-bond donors (Lipinski definition) is 2. The maximum atomic E-state index is 13.5. The van der Waals surface area contributed by atoms with Crippen LogP contribution in [-0.2, 0) is 13.1 Å². The Bertz CT molecular complexity index is 685. The Balaban J connectivity index is 0.00000264. The van der Waals surface area contributed by atoms with Gasteiger partial charge in [-0.05, 0) is 38.0 Å². The van der Waals surface area contributed by atoms with E-state index >= 15 is 0 Å². The third-order valence-corrected chi connectivity index (χ3v) is 4.41. The lowest BCUT2D eigenvalue weighted by Gasteiger charge is -2.12. The van der Waals surface area contributed by atoms with E-state index < -0.39 is 0 Å². The average molecular weight is 448 g/mol. The molecule has 0 unspecified atom stereocenters. The number of hydrogen-bond acceptors (Lipinski definition) is 3. The van der Waals surface area contributed by atoms with Gasteiger partial charge < -0.3 is 10.6 Å². The third kappa shape index (κ3) is 5.72. The Morgan fingerprint density at radius 1 is 1.22 bits per heavy atom. The highest BCUT2D eigenvalue weighted by atomic mass is 127. The molecule has 0 saturated carbocycles. The molecule has 0 spiro atoms. The fourth-order valence-electron chi connectivity index (χ4n) is 2.05. The van der Waals surface area contributed by atoms with Crippen molar-refractivity contribution in [3.8, 4) is 0 Å². The zero-order valence-electron chi connectivity index (χ0n) is 13.7. The molecule has 0 aliphatic carbocycles. The number of benzene rings is 1. The van der Waals surface area contributed by atoms with Crippen LogP contribution < -0.4 is 10.6 Å². The quantitative estimate of drug-likeness (QED) is 0.426. The lowest BCUT2D eigenvalue weighted by molar-refractivity contribution is 0.615. The molecule has 0 saturated heterocycles. The fraction of sp³-hybridized carbons (Fsp3) is 0.375. The van der Waals surface area contributed by atoms with Gasteiger partial charge >= 0.3 is 0 Å². The van der Waals surface area contributed by atoms with Crippen LogP contribution in [0.3, 0.4) is 0 Å². The van der Waals surface area contributed by atoms with Gasteiger partial charge in [0, 0.05) is 18.5 Å². The first-order valence-corrected chi connectivity index (χ1v) is 7.93. The van der Waals surface area contributed by atoms with Crippen LogP contribution in [0, 0.1) is 26.6 Å². The van der Waals surface area contributed by atoms with Crippen molar-refractivity contribution in [2.75, 3.05) is 7.05 Å². The summed E-state index contributed by atoms with van der Waals surface area (Å²) in [5.74, 6) is 0.504. The number of aryl methyl sites for hydroxylation is 3. The minimum absolute atomic E-state index is 0. The fourth-order valence-corrected chi connectivity index (χ4v) is 2.93. The second-order valence-electron chi connectivity index (χ2n) is 5.10. The highest BCUT2D eigenvalue weighted by molar-refractivity contribution is 14.0. The maximum absolute atomic E-state index is 13.5. The highest BCUT2D eigenvalue weighted by Gasteiger charge is 2.06. The van der Waals surface area contributed by atoms with Gasteiger partial charge in [0.2, 0.25) is 0 Å². The van der Waals surface area contributed by atoms with Gasteiger partial charge in [0.1, 0.15) is 5.82 Å². The summed E-state index contributed by atoms with van der Waals surface area (Å²) in [6.07, 6.45) is 0. The zero-order valence-corrected chi connectivity index (χ0v) is 16.9. The van der Waals surface area contributed by atoms with Gasteiger partial charge in [0.05, 0.1) is 17.2 Å². The van der Waals surface area contributed by atoms with Crippen LogP contribution in [0.1, 0.15) is 26.7 Å². The lowest BCUT2D eigenvalue weighted by atomic mass is 10.1. The van der Waals surface area contributed by atoms with Crippen LogP contribution >= 0.6 is 35.3 Å². The van der Waals surface area contributed by atoms with Gasteiger partial charge in [-0.3, -0.25) is 4.99 Å². The van der Waals surface area contributed by atoms with Crippen LogP contribution in [0.15, 0.2) is 23.2 Å². The normalized spacial score (nSPS) is 11.1. The van der Waals surface area contributed by atoms with Crippen molar-refractivity contribution in [2.24, 2.45) is 4.99 Å². The van der Waals surface area contributed by atoms with Gasteiger partial charge in [-0.2, -0.15) is 0 Å². The summed E-state index contributed by atoms with van der Waals surface area (Å²) < 4.78 is 13.5. The second kappa shape index (κ2) is 9.17. The molecule has 2 aromatic rings. The summed E-state index contributed by atoms with van der Waals surface area (Å²) >= 11 is 1.68. The van der Waals surface area contributed by atoms with Crippen LogP contribution in [-0.4, -0.2) is 18.0 Å². The number of rotatable bonds is 4. The summed E-state index contributed by atoms with van der Waals surface area (Å²) in [5.41, 5.74) is 2.59. The van der Waals surface area contributed by atoms with Gasteiger partial charge in [-0.15, -0.1) is 35.3 Å². The van der Waals surface area contributed by atoms with E-state index in [1.807, 2.05) is 19.9 Å². The van der Waals surface area contributed by atoms with Gasteiger partial charge in [0.15, 0.2) is 5.96 Å². The lowest BCUT2D eigenvalue weighted by Crippen LogP contribution is -2.36. The van der Waals surface area contributed by atoms with Gasteiger partial charge in [-0.1, -0.05) is 12.1 Å². The third-order valence-electron chi connectivity index (χ3n) is 3.34. The molecular weight excluding hydrogens is 426 g/mol. The van der Waals surface area contributed by atoms with E-state index in [1.165, 1.54) is 4.88 Å². The molecule has 4 nitrogen and oxygen atoms in total. The minimum atomic E-state index is -0.182. The maximum Gasteiger partial charge on any atom is 0.191 e. The monoisotopic (exact) mass is 448 g/mol. The minimum Gasteiger partial charge on any atom is -0.352 e. The number of thiazole rings is 1. The SMILES string of the molecule is CN=C(NCc1ccc(C)c(F)c1)NCc1sc(C)nc1C.I. The van der Waals surface area contributed by atoms with Gasteiger partial charge in [-0.25, -0.2) is 9.37 Å². The van der Waals surface area contributed by atoms with Crippen molar-refractivity contribution in [1.82, 2.24) is 15.6 Å². The molecular formula is C16H22FIN4S. The molecule has 23 heavy (non-hydrogen) atoms. The molecule has 0 amide bonds. The van der Waals surface area contributed by atoms with Crippen LogP contribution in [0.4, 0.5) is 4.39 Å². The van der Waals surface area contributed by atoms with E-state index in [0.717, 1.165) is 16.3 Å². The number of guanidine groups is 1. The Labute approximate surface area is 157 Å². The van der Waals surface area contributed by atoms with Gasteiger partial charge in [0.25, 0.3) is 0 Å². The summed E-state index contributed by atoms with van der Waals surface area (Å²) in [6, 6.07) is 5.24. The summed E-state index contributed by atoms with van der Waals surface area (Å²) in [7, 11) is 1.72. The van der Waals surface area contributed by atoms with Crippen LogP contribution in [0.5, 0.6) is 0 Å². The Kier molecular flexibility index (Phi) is 7.90. The standard InChI is InChI=1S/C16H21FN4S.HI/c1-10-5-6-13(7-14(10)17)8-19-16(18-4)20-9-15-11(2)21-12(3)22-15;/h5-7H,8-9H2,1-4H3,(H2,18,19,20);1H. The van der Waals surface area contributed by atoms with Crippen molar-refractivity contribution in [2.45, 2.75) is 33.9 Å². The number of aliphatic imine (C=N–C) groups is 1. The highest BCUT2D eigenvalue weighted by Crippen LogP contribution is 2.16. The summed E-state index contributed by atoms with van der Waals surface area (Å²) in [6.45, 7) is 6.97. The topological polar surface area (TPSA) is 49.3 Å². The molecule has 7 heteroatoms. The molecule has 1 aromatic carbocycles. The predicted octanol–water partition coefficient (Wildman–Crippen LogP) is 3.69. The average Bonchev–Trinajstić information content (AvgIpc) is 2.81. The van der Waals surface area contributed by atoms with Crippen LogP contribution in [0.25, 0.3) is 0 Å². The van der Waals surface area contributed by atoms with E-state index in [4.69, 9.17) is 0 Å². The van der Waals surface area contributed by atoms with Crippen molar-refractivity contribution < 1.29 is 4.39 Å². The van der Waals surface area contributed by atoms with E-state index in [1.54, 1.807) is 37.4 Å². The van der Waals surface area contributed by atoms with Crippen molar-refractivity contribution in [1.29, 1.82) is 0 Å². The molecule has 1 aromatic heterocycles. The van der Waals surface area contributed by atoms with E-state index in [0.29, 0.717) is 24.6 Å². The first-order valence-electron chi connectivity index (χ1n) is 7.12.